The van der Waals surface area contributed by atoms with E-state index >= 15 is 0 Å². The van der Waals surface area contributed by atoms with E-state index in [-0.39, 0.29) is 5.78 Å². The first-order chi connectivity index (χ1) is 15.5. The molecule has 0 spiro atoms. The van der Waals surface area contributed by atoms with Crippen LogP contribution in [0.5, 0.6) is 5.75 Å². The van der Waals surface area contributed by atoms with Gasteiger partial charge in [0.15, 0.2) is 5.78 Å². The van der Waals surface area contributed by atoms with Gasteiger partial charge in [-0.2, -0.15) is 0 Å². The largest absolute Gasteiger partial charge is 0.494 e. The maximum atomic E-state index is 12.0. The van der Waals surface area contributed by atoms with Crippen molar-refractivity contribution in [2.45, 2.75) is 13.8 Å². The van der Waals surface area contributed by atoms with Crippen LogP contribution >= 0.6 is 0 Å². The van der Waals surface area contributed by atoms with Crippen LogP contribution in [-0.2, 0) is 4.74 Å². The first-order valence-corrected chi connectivity index (χ1v) is 10.7. The third-order valence-corrected chi connectivity index (χ3v) is 5.50. The molecular weight excluding hydrogens is 404 g/mol. The van der Waals surface area contributed by atoms with E-state index in [2.05, 4.69) is 26.6 Å². The van der Waals surface area contributed by atoms with E-state index in [1.54, 1.807) is 20.2 Å². The molecule has 7 nitrogen and oxygen atoms in total. The van der Waals surface area contributed by atoms with Crippen molar-refractivity contribution in [3.05, 3.63) is 65.9 Å². The van der Waals surface area contributed by atoms with E-state index in [0.717, 1.165) is 60.4 Å². The van der Waals surface area contributed by atoms with Crippen LogP contribution in [0.3, 0.4) is 0 Å². The number of pyridine rings is 1. The second-order valence-electron chi connectivity index (χ2n) is 7.72. The van der Waals surface area contributed by atoms with Crippen LogP contribution in [-0.4, -0.2) is 44.2 Å². The van der Waals surface area contributed by atoms with Crippen LogP contribution in [0, 0.1) is 6.92 Å². The number of para-hydroxylation sites is 1. The van der Waals surface area contributed by atoms with Crippen molar-refractivity contribution in [3.8, 4) is 5.75 Å². The molecule has 32 heavy (non-hydrogen) atoms. The molecule has 2 N–H and O–H groups in total. The van der Waals surface area contributed by atoms with Gasteiger partial charge in [0.25, 0.3) is 0 Å². The van der Waals surface area contributed by atoms with E-state index in [4.69, 9.17) is 9.47 Å². The first-order valence-electron chi connectivity index (χ1n) is 10.7. The highest BCUT2D eigenvalue weighted by atomic mass is 16.5. The number of carbonyl (C=O) groups is 1. The van der Waals surface area contributed by atoms with Crippen LogP contribution in [0.15, 0.2) is 54.7 Å². The number of hydrogen-bond acceptors (Lipinski definition) is 7. The number of Topliss-reactive ketones (excluding diaryl/α,β-unsaturated/α-hetero) is 1. The number of morpholine rings is 1. The third-order valence-electron chi connectivity index (χ3n) is 5.50. The highest BCUT2D eigenvalue weighted by Crippen LogP contribution is 2.33. The van der Waals surface area contributed by atoms with Crippen molar-refractivity contribution in [3.63, 3.8) is 0 Å². The Morgan fingerprint density at radius 2 is 1.81 bits per heavy atom. The summed E-state index contributed by atoms with van der Waals surface area (Å²) in [5.74, 6) is 1.44. The smallest absolute Gasteiger partial charge is 0.161 e. The summed E-state index contributed by atoms with van der Waals surface area (Å²) >= 11 is 0. The van der Waals surface area contributed by atoms with Crippen molar-refractivity contribution >= 4 is 34.4 Å². The van der Waals surface area contributed by atoms with Gasteiger partial charge >= 0.3 is 0 Å². The van der Waals surface area contributed by atoms with Gasteiger partial charge in [0, 0.05) is 54.0 Å². The molecular formula is C25H28N4O3. The number of nitrogens with zero attached hydrogens (tertiary/aromatic N) is 2. The Morgan fingerprint density at radius 1 is 1.03 bits per heavy atom. The predicted octanol–water partition coefficient (Wildman–Crippen LogP) is 4.93. The summed E-state index contributed by atoms with van der Waals surface area (Å²) in [6, 6.07) is 15.5. The zero-order chi connectivity index (χ0) is 22.5. The molecule has 0 amide bonds. The monoisotopic (exact) mass is 432 g/mol. The van der Waals surface area contributed by atoms with Gasteiger partial charge < -0.3 is 25.0 Å². The predicted molar refractivity (Wildman–Crippen MR) is 128 cm³/mol. The normalized spacial score (nSPS) is 13.5. The van der Waals surface area contributed by atoms with E-state index in [1.165, 1.54) is 0 Å². The Morgan fingerprint density at radius 3 is 2.56 bits per heavy atom. The minimum atomic E-state index is 0.0169. The van der Waals surface area contributed by atoms with Gasteiger partial charge in [-0.05, 0) is 43.7 Å². The lowest BCUT2D eigenvalue weighted by molar-refractivity contribution is 0.101. The number of aryl methyl sites for hydroxylation is 1. The molecule has 1 fully saturated rings. The number of hydrogen-bond donors (Lipinski definition) is 2. The fourth-order valence-electron chi connectivity index (χ4n) is 3.71. The Balaban J connectivity index is 1.57. The van der Waals surface area contributed by atoms with Crippen LogP contribution in [0.4, 0.5) is 28.6 Å². The number of rotatable bonds is 7. The molecule has 1 saturated heterocycles. The molecule has 0 unspecified atom stereocenters. The van der Waals surface area contributed by atoms with Crippen LogP contribution < -0.4 is 20.3 Å². The first kappa shape index (κ1) is 21.6. The summed E-state index contributed by atoms with van der Waals surface area (Å²) in [6.45, 7) is 6.75. The summed E-state index contributed by atoms with van der Waals surface area (Å²) in [7, 11) is 1.66. The number of ketones is 1. The second-order valence-corrected chi connectivity index (χ2v) is 7.72. The second kappa shape index (κ2) is 9.70. The van der Waals surface area contributed by atoms with Crippen LogP contribution in [0.1, 0.15) is 22.8 Å². The average Bonchev–Trinajstić information content (AvgIpc) is 2.82. The fraction of sp³-hybridized carbons (Fsp3) is 0.280. The SMILES string of the molecule is COc1cc(N2CCOCC2)ccc1Nc1cc(Nc2ccccc2C(C)=O)c(C)cn1. The zero-order valence-corrected chi connectivity index (χ0v) is 18.6. The molecule has 1 aliphatic heterocycles. The minimum absolute atomic E-state index is 0.0169. The highest BCUT2D eigenvalue weighted by Gasteiger charge is 2.14. The molecule has 3 aromatic rings. The Hall–Kier alpha value is -3.58. The van der Waals surface area contributed by atoms with Gasteiger partial charge in [0.2, 0.25) is 0 Å². The summed E-state index contributed by atoms with van der Waals surface area (Å²) < 4.78 is 11.1. The molecule has 1 aliphatic rings. The Bertz CT molecular complexity index is 1110. The van der Waals surface area contributed by atoms with Crippen molar-refractivity contribution in [1.29, 1.82) is 0 Å². The van der Waals surface area contributed by atoms with Gasteiger partial charge in [0.1, 0.15) is 11.6 Å². The van der Waals surface area contributed by atoms with E-state index < -0.39 is 0 Å². The van der Waals surface area contributed by atoms with Crippen molar-refractivity contribution < 1.29 is 14.3 Å². The van der Waals surface area contributed by atoms with E-state index in [9.17, 15) is 4.79 Å². The number of ether oxygens (including phenoxy) is 2. The number of anilines is 5. The number of aromatic nitrogens is 1. The number of carbonyl (C=O) groups excluding carboxylic acids is 1. The molecule has 0 atom stereocenters. The van der Waals surface area contributed by atoms with Crippen LogP contribution in [0.2, 0.25) is 0 Å². The summed E-state index contributed by atoms with van der Waals surface area (Å²) in [4.78, 5) is 18.8. The summed E-state index contributed by atoms with van der Waals surface area (Å²) in [5, 5.41) is 6.74. The minimum Gasteiger partial charge on any atom is -0.494 e. The van der Waals surface area contributed by atoms with E-state index in [0.29, 0.717) is 11.4 Å². The van der Waals surface area contributed by atoms with Crippen molar-refractivity contribution in [2.75, 3.05) is 48.9 Å². The molecule has 1 aromatic heterocycles. The maximum absolute atomic E-state index is 12.0. The molecule has 0 bridgehead atoms. The number of benzene rings is 2. The van der Waals surface area contributed by atoms with Gasteiger partial charge in [0.05, 0.1) is 26.0 Å². The molecule has 2 heterocycles. The zero-order valence-electron chi connectivity index (χ0n) is 18.6. The van der Waals surface area contributed by atoms with Crippen LogP contribution in [0.25, 0.3) is 0 Å². The average molecular weight is 433 g/mol. The van der Waals surface area contributed by atoms with Gasteiger partial charge in [-0.25, -0.2) is 4.98 Å². The standard InChI is InChI=1S/C25H28N4O3/c1-17-16-26-25(15-23(17)27-21-7-5-4-6-20(21)18(2)30)28-22-9-8-19(14-24(22)31-3)29-10-12-32-13-11-29/h4-9,14-16H,10-13H2,1-3H3,(H2,26,27,28). The molecule has 0 aliphatic carbocycles. The van der Waals surface area contributed by atoms with Crippen molar-refractivity contribution in [2.24, 2.45) is 0 Å². The summed E-state index contributed by atoms with van der Waals surface area (Å²) in [6.07, 6.45) is 1.80. The van der Waals surface area contributed by atoms with Gasteiger partial charge in [-0.3, -0.25) is 4.79 Å². The lowest BCUT2D eigenvalue weighted by Gasteiger charge is -2.29. The third kappa shape index (κ3) is 4.84. The lowest BCUT2D eigenvalue weighted by atomic mass is 10.1. The molecule has 0 saturated carbocycles. The molecule has 166 valence electrons. The quantitative estimate of drug-likeness (QED) is 0.513. The maximum Gasteiger partial charge on any atom is 0.161 e. The lowest BCUT2D eigenvalue weighted by Crippen LogP contribution is -2.36. The molecule has 2 aromatic carbocycles. The highest BCUT2D eigenvalue weighted by molar-refractivity contribution is 6.00. The molecule has 4 rings (SSSR count). The Labute approximate surface area is 188 Å². The Kier molecular flexibility index (Phi) is 6.56. The number of methoxy groups -OCH3 is 1. The summed E-state index contributed by atoms with van der Waals surface area (Å²) in [5.41, 5.74) is 5.21. The number of nitrogens with one attached hydrogen (secondary N) is 2. The topological polar surface area (TPSA) is 75.7 Å². The van der Waals surface area contributed by atoms with E-state index in [1.807, 2.05) is 49.4 Å². The van der Waals surface area contributed by atoms with Crippen molar-refractivity contribution in [1.82, 2.24) is 4.98 Å². The van der Waals surface area contributed by atoms with Gasteiger partial charge in [-0.1, -0.05) is 12.1 Å². The molecule has 7 heteroatoms. The fourth-order valence-corrected chi connectivity index (χ4v) is 3.71. The molecule has 0 radical (unpaired) electrons. The van der Waals surface area contributed by atoms with Gasteiger partial charge in [-0.15, -0.1) is 0 Å².